The van der Waals surface area contributed by atoms with Gasteiger partial charge in [-0.15, -0.1) is 0 Å². The number of methoxy groups -OCH3 is 1. The van der Waals surface area contributed by atoms with Crippen molar-refractivity contribution in [1.82, 2.24) is 5.32 Å². The van der Waals surface area contributed by atoms with Gasteiger partial charge in [-0.3, -0.25) is 10.1 Å². The van der Waals surface area contributed by atoms with Crippen LogP contribution >= 0.6 is 0 Å². The zero-order valence-corrected chi connectivity index (χ0v) is 10.1. The number of esters is 1. The third-order valence-corrected chi connectivity index (χ3v) is 2.37. The van der Waals surface area contributed by atoms with E-state index < -0.39 is 17.4 Å². The molecule has 17 heavy (non-hydrogen) atoms. The van der Waals surface area contributed by atoms with Crippen LogP contribution < -0.4 is 11.1 Å². The number of carbonyl (C=O) groups excluding carboxylic acids is 2. The van der Waals surface area contributed by atoms with Gasteiger partial charge in [-0.25, -0.2) is 4.79 Å². The quantitative estimate of drug-likeness (QED) is 0.727. The highest BCUT2D eigenvalue weighted by Crippen LogP contribution is 2.10. The van der Waals surface area contributed by atoms with E-state index in [0.717, 1.165) is 0 Å². The summed E-state index contributed by atoms with van der Waals surface area (Å²) in [5, 5.41) is 2.92. The Bertz CT molecular complexity index is 423. The van der Waals surface area contributed by atoms with Gasteiger partial charge < -0.3 is 14.9 Å². The standard InChI is InChI=1S/C11H16N2O4/c1-11(2,10(12)15)13-6-7-4-5-8(17-7)9(14)16-3/h4-5,13H,6H2,1-3H3,(H2,12,15). The van der Waals surface area contributed by atoms with Crippen molar-refractivity contribution in [2.24, 2.45) is 5.73 Å². The number of hydrogen-bond donors (Lipinski definition) is 2. The molecule has 1 aromatic heterocycles. The van der Waals surface area contributed by atoms with Gasteiger partial charge in [-0.2, -0.15) is 0 Å². The first-order chi connectivity index (χ1) is 7.86. The fourth-order valence-electron chi connectivity index (χ4n) is 1.08. The van der Waals surface area contributed by atoms with Gasteiger partial charge in [0.1, 0.15) is 5.76 Å². The van der Waals surface area contributed by atoms with Crippen LogP contribution in [0.5, 0.6) is 0 Å². The van der Waals surface area contributed by atoms with E-state index in [2.05, 4.69) is 10.1 Å². The molecule has 0 saturated carbocycles. The largest absolute Gasteiger partial charge is 0.463 e. The number of furan rings is 1. The lowest BCUT2D eigenvalue weighted by molar-refractivity contribution is -0.123. The van der Waals surface area contributed by atoms with Crippen LogP contribution in [0.1, 0.15) is 30.2 Å². The summed E-state index contributed by atoms with van der Waals surface area (Å²) in [7, 11) is 1.28. The molecule has 0 unspecified atom stereocenters. The van der Waals surface area contributed by atoms with Gasteiger partial charge in [-0.05, 0) is 26.0 Å². The highest BCUT2D eigenvalue weighted by molar-refractivity contribution is 5.86. The predicted molar refractivity (Wildman–Crippen MR) is 60.2 cm³/mol. The third kappa shape index (κ3) is 3.32. The molecule has 6 heteroatoms. The molecule has 0 atom stereocenters. The maximum atomic E-state index is 11.1. The Kier molecular flexibility index (Phi) is 3.90. The van der Waals surface area contributed by atoms with Crippen LogP contribution in [0, 0.1) is 0 Å². The molecule has 1 rings (SSSR count). The molecule has 1 amide bonds. The molecule has 0 fully saturated rings. The van der Waals surface area contributed by atoms with Crippen molar-refractivity contribution in [1.29, 1.82) is 0 Å². The fourth-order valence-corrected chi connectivity index (χ4v) is 1.08. The summed E-state index contributed by atoms with van der Waals surface area (Å²) >= 11 is 0. The van der Waals surface area contributed by atoms with Crippen LogP contribution in [0.4, 0.5) is 0 Å². The minimum Gasteiger partial charge on any atom is -0.463 e. The molecular weight excluding hydrogens is 224 g/mol. The van der Waals surface area contributed by atoms with Crippen molar-refractivity contribution in [3.05, 3.63) is 23.7 Å². The summed E-state index contributed by atoms with van der Waals surface area (Å²) in [6.45, 7) is 3.63. The average molecular weight is 240 g/mol. The van der Waals surface area contributed by atoms with Crippen LogP contribution in [0.2, 0.25) is 0 Å². The second-order valence-electron chi connectivity index (χ2n) is 4.10. The van der Waals surface area contributed by atoms with E-state index in [1.165, 1.54) is 13.2 Å². The highest BCUT2D eigenvalue weighted by Gasteiger charge is 2.24. The van der Waals surface area contributed by atoms with E-state index in [0.29, 0.717) is 12.3 Å². The second-order valence-corrected chi connectivity index (χ2v) is 4.10. The van der Waals surface area contributed by atoms with E-state index in [-0.39, 0.29) is 5.76 Å². The highest BCUT2D eigenvalue weighted by atomic mass is 16.5. The maximum absolute atomic E-state index is 11.1. The van der Waals surface area contributed by atoms with E-state index in [9.17, 15) is 9.59 Å². The summed E-state index contributed by atoms with van der Waals surface area (Å²) in [4.78, 5) is 22.2. The minimum absolute atomic E-state index is 0.126. The van der Waals surface area contributed by atoms with Crippen molar-refractivity contribution in [3.8, 4) is 0 Å². The number of hydrogen-bond acceptors (Lipinski definition) is 5. The van der Waals surface area contributed by atoms with E-state index in [1.807, 2.05) is 0 Å². The summed E-state index contributed by atoms with van der Waals surface area (Å²) in [6, 6.07) is 3.15. The monoisotopic (exact) mass is 240 g/mol. The van der Waals surface area contributed by atoms with Crippen LogP contribution in [0.3, 0.4) is 0 Å². The molecule has 94 valence electrons. The van der Waals surface area contributed by atoms with Gasteiger partial charge in [0.25, 0.3) is 0 Å². The lowest BCUT2D eigenvalue weighted by Crippen LogP contribution is -2.50. The minimum atomic E-state index is -0.835. The Hall–Kier alpha value is -1.82. The molecule has 1 aromatic rings. The van der Waals surface area contributed by atoms with Crippen molar-refractivity contribution >= 4 is 11.9 Å². The number of nitrogens with two attached hydrogens (primary N) is 1. The van der Waals surface area contributed by atoms with Crippen LogP contribution in [-0.2, 0) is 16.1 Å². The molecular formula is C11H16N2O4. The zero-order chi connectivity index (χ0) is 13.1. The lowest BCUT2D eigenvalue weighted by Gasteiger charge is -2.21. The third-order valence-electron chi connectivity index (χ3n) is 2.37. The van der Waals surface area contributed by atoms with E-state index in [4.69, 9.17) is 10.2 Å². The molecule has 0 aliphatic heterocycles. The summed E-state index contributed by atoms with van der Waals surface area (Å²) in [5.74, 6) is -0.344. The Morgan fingerprint density at radius 1 is 1.47 bits per heavy atom. The average Bonchev–Trinajstić information content (AvgIpc) is 2.74. The van der Waals surface area contributed by atoms with E-state index >= 15 is 0 Å². The van der Waals surface area contributed by atoms with E-state index in [1.54, 1.807) is 19.9 Å². The van der Waals surface area contributed by atoms with Gasteiger partial charge in [-0.1, -0.05) is 0 Å². The topological polar surface area (TPSA) is 94.6 Å². The van der Waals surface area contributed by atoms with Crippen LogP contribution in [-0.4, -0.2) is 24.5 Å². The second kappa shape index (κ2) is 5.01. The van der Waals surface area contributed by atoms with Gasteiger partial charge in [0.05, 0.1) is 19.2 Å². The number of amides is 1. The molecule has 0 aliphatic carbocycles. The van der Waals surface area contributed by atoms with Crippen LogP contribution in [0.15, 0.2) is 16.5 Å². The zero-order valence-electron chi connectivity index (χ0n) is 10.1. The summed E-state index contributed by atoms with van der Waals surface area (Å²) in [5.41, 5.74) is 4.37. The normalized spacial score (nSPS) is 11.2. The molecule has 0 saturated heterocycles. The number of carbonyl (C=O) groups is 2. The van der Waals surface area contributed by atoms with Gasteiger partial charge in [0, 0.05) is 0 Å². The number of rotatable bonds is 5. The molecule has 0 bridgehead atoms. The fraction of sp³-hybridized carbons (Fsp3) is 0.455. The van der Waals surface area contributed by atoms with Crippen molar-refractivity contribution in [2.45, 2.75) is 25.9 Å². The van der Waals surface area contributed by atoms with Gasteiger partial charge >= 0.3 is 5.97 Å². The lowest BCUT2D eigenvalue weighted by atomic mass is 10.1. The van der Waals surface area contributed by atoms with Crippen molar-refractivity contribution < 1.29 is 18.7 Å². The first-order valence-electron chi connectivity index (χ1n) is 5.09. The molecule has 0 aromatic carbocycles. The molecule has 0 spiro atoms. The van der Waals surface area contributed by atoms with Gasteiger partial charge in [0.15, 0.2) is 0 Å². The smallest absolute Gasteiger partial charge is 0.373 e. The molecule has 0 radical (unpaired) electrons. The van der Waals surface area contributed by atoms with Crippen molar-refractivity contribution in [3.63, 3.8) is 0 Å². The molecule has 6 nitrogen and oxygen atoms in total. The van der Waals surface area contributed by atoms with Gasteiger partial charge in [0.2, 0.25) is 11.7 Å². The molecule has 0 aliphatic rings. The molecule has 1 heterocycles. The summed E-state index contributed by atoms with van der Waals surface area (Å²) in [6.07, 6.45) is 0. The Balaban J connectivity index is 2.62. The Morgan fingerprint density at radius 2 is 2.12 bits per heavy atom. The Morgan fingerprint density at radius 3 is 2.65 bits per heavy atom. The SMILES string of the molecule is COC(=O)c1ccc(CNC(C)(C)C(N)=O)o1. The maximum Gasteiger partial charge on any atom is 0.373 e. The first kappa shape index (κ1) is 13.2. The summed E-state index contributed by atoms with van der Waals surface area (Å²) < 4.78 is 9.73. The Labute approximate surface area is 99.1 Å². The number of primary amides is 1. The van der Waals surface area contributed by atoms with Crippen molar-refractivity contribution in [2.75, 3.05) is 7.11 Å². The predicted octanol–water partition coefficient (Wildman–Crippen LogP) is 0.420. The number of ether oxygens (including phenoxy) is 1. The van der Waals surface area contributed by atoms with Crippen LogP contribution in [0.25, 0.3) is 0 Å². The first-order valence-corrected chi connectivity index (χ1v) is 5.09. The number of nitrogens with one attached hydrogen (secondary N) is 1. The molecule has 3 N–H and O–H groups in total.